The first-order valence-corrected chi connectivity index (χ1v) is 6.12. The van der Waals surface area contributed by atoms with E-state index in [1.54, 1.807) is 14.0 Å². The Kier molecular flexibility index (Phi) is 4.27. The van der Waals surface area contributed by atoms with E-state index in [0.29, 0.717) is 16.0 Å². The first-order chi connectivity index (χ1) is 7.50. The molecule has 0 aromatic carbocycles. The molecular formula is C11H17BrN2O2. The lowest BCUT2D eigenvalue weighted by Gasteiger charge is -2.29. The Morgan fingerprint density at radius 3 is 2.38 bits per heavy atom. The van der Waals surface area contributed by atoms with Gasteiger partial charge in [0.15, 0.2) is 0 Å². The van der Waals surface area contributed by atoms with Crippen molar-refractivity contribution < 1.29 is 4.74 Å². The number of rotatable bonds is 4. The molecule has 90 valence electrons. The van der Waals surface area contributed by atoms with Crippen LogP contribution in [-0.4, -0.2) is 17.1 Å². The van der Waals surface area contributed by atoms with Crippen molar-refractivity contribution in [1.29, 1.82) is 0 Å². The zero-order valence-corrected chi connectivity index (χ0v) is 11.6. The minimum Gasteiger partial charge on any atom is -0.370 e. The molecule has 0 saturated carbocycles. The van der Waals surface area contributed by atoms with Crippen molar-refractivity contribution in [3.05, 3.63) is 26.3 Å². The summed E-state index contributed by atoms with van der Waals surface area (Å²) in [6, 6.07) is 0. The highest BCUT2D eigenvalue weighted by Gasteiger charge is 2.31. The van der Waals surface area contributed by atoms with E-state index in [4.69, 9.17) is 4.74 Å². The number of hydrogen-bond donors (Lipinski definition) is 1. The minimum absolute atomic E-state index is 0.161. The SMILES string of the molecule is CCC(CC)(OC)c1nc(C)c(Br)c(=O)[nH]1. The predicted molar refractivity (Wildman–Crippen MR) is 66.6 cm³/mol. The Balaban J connectivity index is 3.37. The number of aromatic amines is 1. The molecule has 0 aliphatic heterocycles. The van der Waals surface area contributed by atoms with E-state index in [1.165, 1.54) is 0 Å². The number of hydrogen-bond acceptors (Lipinski definition) is 3. The number of aryl methyl sites for hydroxylation is 1. The highest BCUT2D eigenvalue weighted by atomic mass is 79.9. The van der Waals surface area contributed by atoms with Crippen molar-refractivity contribution in [3.63, 3.8) is 0 Å². The average Bonchev–Trinajstić information content (AvgIpc) is 2.29. The normalized spacial score (nSPS) is 11.8. The van der Waals surface area contributed by atoms with Gasteiger partial charge in [-0.3, -0.25) is 4.79 Å². The smallest absolute Gasteiger partial charge is 0.265 e. The zero-order chi connectivity index (χ0) is 12.3. The molecule has 1 N–H and O–H groups in total. The van der Waals surface area contributed by atoms with Gasteiger partial charge in [0.2, 0.25) is 0 Å². The molecule has 0 radical (unpaired) electrons. The van der Waals surface area contributed by atoms with Gasteiger partial charge in [-0.05, 0) is 35.7 Å². The van der Waals surface area contributed by atoms with Crippen molar-refractivity contribution in [2.24, 2.45) is 0 Å². The van der Waals surface area contributed by atoms with Crippen molar-refractivity contribution in [2.75, 3.05) is 7.11 Å². The van der Waals surface area contributed by atoms with Gasteiger partial charge in [0.1, 0.15) is 15.9 Å². The van der Waals surface area contributed by atoms with Crippen LogP contribution in [0, 0.1) is 6.92 Å². The van der Waals surface area contributed by atoms with Crippen LogP contribution in [0.25, 0.3) is 0 Å². The van der Waals surface area contributed by atoms with E-state index < -0.39 is 5.60 Å². The summed E-state index contributed by atoms with van der Waals surface area (Å²) in [6.07, 6.45) is 1.54. The Hall–Kier alpha value is -0.680. The quantitative estimate of drug-likeness (QED) is 0.926. The molecular weight excluding hydrogens is 272 g/mol. The maximum atomic E-state index is 11.7. The summed E-state index contributed by atoms with van der Waals surface area (Å²) in [5.41, 5.74) is 0.0258. The van der Waals surface area contributed by atoms with Gasteiger partial charge < -0.3 is 9.72 Å². The van der Waals surface area contributed by atoms with Crippen LogP contribution < -0.4 is 5.56 Å². The third kappa shape index (κ3) is 2.20. The molecule has 0 fully saturated rings. The molecule has 0 unspecified atom stereocenters. The second kappa shape index (κ2) is 5.10. The Labute approximate surface area is 104 Å². The number of methoxy groups -OCH3 is 1. The van der Waals surface area contributed by atoms with E-state index in [1.807, 2.05) is 13.8 Å². The molecule has 16 heavy (non-hydrogen) atoms. The topological polar surface area (TPSA) is 55.0 Å². The van der Waals surface area contributed by atoms with Crippen LogP contribution in [0.4, 0.5) is 0 Å². The van der Waals surface area contributed by atoms with Crippen LogP contribution in [0.3, 0.4) is 0 Å². The van der Waals surface area contributed by atoms with Gasteiger partial charge >= 0.3 is 0 Å². The lowest BCUT2D eigenvalue weighted by molar-refractivity contribution is -0.0295. The minimum atomic E-state index is -0.495. The van der Waals surface area contributed by atoms with Crippen LogP contribution in [0.15, 0.2) is 9.27 Å². The number of ether oxygens (including phenoxy) is 1. The van der Waals surface area contributed by atoms with Crippen molar-refractivity contribution >= 4 is 15.9 Å². The Morgan fingerprint density at radius 2 is 2.00 bits per heavy atom. The maximum absolute atomic E-state index is 11.7. The highest BCUT2D eigenvalue weighted by molar-refractivity contribution is 9.10. The summed E-state index contributed by atoms with van der Waals surface area (Å²) in [4.78, 5) is 18.8. The first-order valence-electron chi connectivity index (χ1n) is 5.32. The number of H-pyrrole nitrogens is 1. The Bertz CT molecular complexity index is 416. The third-order valence-electron chi connectivity index (χ3n) is 2.99. The summed E-state index contributed by atoms with van der Waals surface area (Å²) in [5, 5.41) is 0. The molecule has 1 rings (SSSR count). The van der Waals surface area contributed by atoms with E-state index in [-0.39, 0.29) is 5.56 Å². The first kappa shape index (κ1) is 13.4. The highest BCUT2D eigenvalue weighted by Crippen LogP contribution is 2.29. The molecule has 1 aromatic rings. The fraction of sp³-hybridized carbons (Fsp3) is 0.636. The van der Waals surface area contributed by atoms with Crippen LogP contribution >= 0.6 is 15.9 Å². The molecule has 0 aliphatic rings. The number of halogens is 1. The monoisotopic (exact) mass is 288 g/mol. The summed E-state index contributed by atoms with van der Waals surface area (Å²) >= 11 is 3.20. The lowest BCUT2D eigenvalue weighted by atomic mass is 9.96. The molecule has 1 heterocycles. The molecule has 0 saturated heterocycles. The van der Waals surface area contributed by atoms with Gasteiger partial charge in [0.05, 0.1) is 5.69 Å². The Morgan fingerprint density at radius 1 is 1.44 bits per heavy atom. The van der Waals surface area contributed by atoms with Crippen LogP contribution in [0.5, 0.6) is 0 Å². The van der Waals surface area contributed by atoms with E-state index in [9.17, 15) is 4.79 Å². The van der Waals surface area contributed by atoms with Gasteiger partial charge in [0.25, 0.3) is 5.56 Å². The summed E-state index contributed by atoms with van der Waals surface area (Å²) in [5.74, 6) is 0.603. The number of aromatic nitrogens is 2. The summed E-state index contributed by atoms with van der Waals surface area (Å²) in [6.45, 7) is 5.84. The van der Waals surface area contributed by atoms with Gasteiger partial charge in [-0.2, -0.15) is 0 Å². The molecule has 0 aliphatic carbocycles. The maximum Gasteiger partial charge on any atom is 0.265 e. The van der Waals surface area contributed by atoms with Crippen LogP contribution in [0.1, 0.15) is 38.2 Å². The molecule has 0 atom stereocenters. The third-order valence-corrected chi connectivity index (χ3v) is 3.93. The number of nitrogens with zero attached hydrogens (tertiary/aromatic N) is 1. The van der Waals surface area contributed by atoms with Crippen molar-refractivity contribution in [2.45, 2.75) is 39.2 Å². The molecule has 1 aromatic heterocycles. The molecule has 0 bridgehead atoms. The van der Waals surface area contributed by atoms with Gasteiger partial charge in [0, 0.05) is 7.11 Å². The van der Waals surface area contributed by atoms with Crippen LogP contribution in [-0.2, 0) is 10.3 Å². The average molecular weight is 289 g/mol. The lowest BCUT2D eigenvalue weighted by Crippen LogP contribution is -2.32. The van der Waals surface area contributed by atoms with Crippen LogP contribution in [0.2, 0.25) is 0 Å². The van der Waals surface area contributed by atoms with Crippen molar-refractivity contribution in [3.8, 4) is 0 Å². The van der Waals surface area contributed by atoms with Gasteiger partial charge in [-0.15, -0.1) is 0 Å². The van der Waals surface area contributed by atoms with Gasteiger partial charge in [-0.1, -0.05) is 13.8 Å². The fourth-order valence-electron chi connectivity index (χ4n) is 1.76. The van der Waals surface area contributed by atoms with Gasteiger partial charge in [-0.25, -0.2) is 4.98 Å². The second-order valence-corrected chi connectivity index (χ2v) is 4.51. The van der Waals surface area contributed by atoms with E-state index in [2.05, 4.69) is 25.9 Å². The largest absolute Gasteiger partial charge is 0.370 e. The van der Waals surface area contributed by atoms with Crippen molar-refractivity contribution in [1.82, 2.24) is 9.97 Å². The van der Waals surface area contributed by atoms with E-state index >= 15 is 0 Å². The fourth-order valence-corrected chi connectivity index (χ4v) is 1.95. The number of nitrogens with one attached hydrogen (secondary N) is 1. The summed E-state index contributed by atoms with van der Waals surface area (Å²) < 4.78 is 6.00. The zero-order valence-electron chi connectivity index (χ0n) is 10.1. The second-order valence-electron chi connectivity index (χ2n) is 3.72. The predicted octanol–water partition coefficient (Wildman–Crippen LogP) is 2.50. The molecule has 4 nitrogen and oxygen atoms in total. The molecule has 0 spiro atoms. The standard InChI is InChI=1S/C11H17BrN2O2/c1-5-11(6-2,16-4)10-13-7(3)8(12)9(15)14-10/h5-6H2,1-4H3,(H,13,14,15). The summed E-state index contributed by atoms with van der Waals surface area (Å²) in [7, 11) is 1.64. The molecule has 5 heteroatoms. The molecule has 0 amide bonds. The van der Waals surface area contributed by atoms with E-state index in [0.717, 1.165) is 12.8 Å².